The number of para-hydroxylation sites is 1. The second-order valence-corrected chi connectivity index (χ2v) is 7.45. The first-order valence-electron chi connectivity index (χ1n) is 8.92. The number of amides is 2. The minimum absolute atomic E-state index is 0.0917. The van der Waals surface area contributed by atoms with Gasteiger partial charge in [0.2, 0.25) is 11.8 Å². The molecule has 1 heterocycles. The molecular formula is C20H29N3O3. The summed E-state index contributed by atoms with van der Waals surface area (Å²) in [6.45, 7) is 7.70. The van der Waals surface area contributed by atoms with Crippen molar-refractivity contribution in [3.63, 3.8) is 0 Å². The normalized spacial score (nSPS) is 18.6. The zero-order valence-electron chi connectivity index (χ0n) is 16.0. The molecule has 6 nitrogen and oxygen atoms in total. The summed E-state index contributed by atoms with van der Waals surface area (Å²) in [4.78, 5) is 26.5. The van der Waals surface area contributed by atoms with Crippen LogP contribution in [0.25, 0.3) is 6.08 Å². The van der Waals surface area contributed by atoms with Crippen molar-refractivity contribution >= 4 is 17.9 Å². The van der Waals surface area contributed by atoms with E-state index < -0.39 is 6.04 Å². The van der Waals surface area contributed by atoms with E-state index in [1.165, 1.54) is 0 Å². The maximum absolute atomic E-state index is 12.3. The van der Waals surface area contributed by atoms with Crippen molar-refractivity contribution in [3.05, 3.63) is 35.9 Å². The summed E-state index contributed by atoms with van der Waals surface area (Å²) in [5.74, 6) is 0.602. The molecule has 0 saturated carbocycles. The van der Waals surface area contributed by atoms with Crippen LogP contribution in [0.3, 0.4) is 0 Å². The van der Waals surface area contributed by atoms with Crippen molar-refractivity contribution < 1.29 is 14.3 Å². The average molecular weight is 359 g/mol. The van der Waals surface area contributed by atoms with E-state index in [2.05, 4.69) is 10.6 Å². The summed E-state index contributed by atoms with van der Waals surface area (Å²) < 4.78 is 5.34. The predicted octanol–water partition coefficient (Wildman–Crippen LogP) is 1.81. The molecule has 2 amide bonds. The third-order valence-electron chi connectivity index (χ3n) is 4.11. The Morgan fingerprint density at radius 3 is 2.81 bits per heavy atom. The van der Waals surface area contributed by atoms with Crippen molar-refractivity contribution in [1.82, 2.24) is 15.5 Å². The van der Waals surface area contributed by atoms with Crippen molar-refractivity contribution in [2.45, 2.75) is 38.8 Å². The fraction of sp³-hybridized carbons (Fsp3) is 0.500. The molecule has 1 aliphatic heterocycles. The Morgan fingerprint density at radius 2 is 2.12 bits per heavy atom. The van der Waals surface area contributed by atoms with Gasteiger partial charge in [-0.15, -0.1) is 0 Å². The Morgan fingerprint density at radius 1 is 1.38 bits per heavy atom. The number of ether oxygens (including phenoxy) is 1. The first kappa shape index (κ1) is 20.0. The molecule has 0 bridgehead atoms. The van der Waals surface area contributed by atoms with Gasteiger partial charge in [-0.25, -0.2) is 0 Å². The molecule has 1 aromatic carbocycles. The number of benzene rings is 1. The van der Waals surface area contributed by atoms with Crippen molar-refractivity contribution in [2.75, 3.05) is 26.7 Å². The van der Waals surface area contributed by atoms with E-state index >= 15 is 0 Å². The second-order valence-electron chi connectivity index (χ2n) is 7.45. The molecule has 2 N–H and O–H groups in total. The molecule has 0 spiro atoms. The highest BCUT2D eigenvalue weighted by Gasteiger charge is 2.31. The molecule has 0 radical (unpaired) electrons. The Kier molecular flexibility index (Phi) is 6.80. The third kappa shape index (κ3) is 5.88. The molecule has 1 aromatic rings. The molecule has 0 aromatic heterocycles. The van der Waals surface area contributed by atoms with Gasteiger partial charge in [0.25, 0.3) is 0 Å². The van der Waals surface area contributed by atoms with E-state index in [9.17, 15) is 9.59 Å². The van der Waals surface area contributed by atoms with Crippen LogP contribution in [0, 0.1) is 0 Å². The lowest BCUT2D eigenvalue weighted by Gasteiger charge is -2.34. The van der Waals surface area contributed by atoms with Gasteiger partial charge >= 0.3 is 0 Å². The number of nitrogens with zero attached hydrogens (tertiary/aromatic N) is 1. The summed E-state index contributed by atoms with van der Waals surface area (Å²) >= 11 is 0. The highest BCUT2D eigenvalue weighted by Crippen LogP contribution is 2.19. The Labute approximate surface area is 155 Å². The fourth-order valence-electron chi connectivity index (χ4n) is 2.97. The van der Waals surface area contributed by atoms with Crippen LogP contribution in [-0.4, -0.2) is 55.0 Å². The van der Waals surface area contributed by atoms with Gasteiger partial charge in [0.15, 0.2) is 0 Å². The molecule has 1 saturated heterocycles. The van der Waals surface area contributed by atoms with Crippen molar-refractivity contribution in [2.24, 2.45) is 0 Å². The van der Waals surface area contributed by atoms with Crippen LogP contribution in [-0.2, 0) is 9.59 Å². The standard InChI is InChI=1S/C20H29N3O3/c1-20(2,3)22-18(24)14-16-19(25)21-11-13-23(16)12-7-9-15-8-5-6-10-17(15)26-4/h5-10,16H,11-14H2,1-4H3,(H,21,25)(H,22,24)/b9-7+/t16-/m1/s1. The Hall–Kier alpha value is -2.34. The SMILES string of the molecule is COc1ccccc1/C=C/CN1CCNC(=O)[C@H]1CC(=O)NC(C)(C)C. The molecule has 26 heavy (non-hydrogen) atoms. The van der Waals surface area contributed by atoms with E-state index in [0.29, 0.717) is 13.1 Å². The summed E-state index contributed by atoms with van der Waals surface area (Å²) in [7, 11) is 1.64. The van der Waals surface area contributed by atoms with Crippen LogP contribution in [0.4, 0.5) is 0 Å². The lowest BCUT2D eigenvalue weighted by atomic mass is 10.1. The quantitative estimate of drug-likeness (QED) is 0.813. The number of piperazine rings is 1. The summed E-state index contributed by atoms with van der Waals surface area (Å²) in [6, 6.07) is 7.32. The van der Waals surface area contributed by atoms with Crippen LogP contribution >= 0.6 is 0 Å². The zero-order chi connectivity index (χ0) is 19.2. The summed E-state index contributed by atoms with van der Waals surface area (Å²) in [5.41, 5.74) is 0.676. The number of rotatable bonds is 6. The van der Waals surface area contributed by atoms with Crippen molar-refractivity contribution in [3.8, 4) is 5.75 Å². The third-order valence-corrected chi connectivity index (χ3v) is 4.11. The maximum Gasteiger partial charge on any atom is 0.237 e. The van der Waals surface area contributed by atoms with Crippen LogP contribution in [0.1, 0.15) is 32.8 Å². The van der Waals surface area contributed by atoms with E-state index in [1.807, 2.05) is 62.1 Å². The fourth-order valence-corrected chi connectivity index (χ4v) is 2.97. The van der Waals surface area contributed by atoms with Crippen LogP contribution in [0.5, 0.6) is 5.75 Å². The Balaban J connectivity index is 2.02. The smallest absolute Gasteiger partial charge is 0.237 e. The van der Waals surface area contributed by atoms with E-state index in [1.54, 1.807) is 7.11 Å². The molecule has 1 aliphatic rings. The molecule has 142 valence electrons. The topological polar surface area (TPSA) is 70.7 Å². The summed E-state index contributed by atoms with van der Waals surface area (Å²) in [6.07, 6.45) is 4.15. The van der Waals surface area contributed by atoms with Gasteiger partial charge in [-0.2, -0.15) is 0 Å². The number of hydrogen-bond donors (Lipinski definition) is 2. The van der Waals surface area contributed by atoms with E-state index in [0.717, 1.165) is 17.9 Å². The predicted molar refractivity (Wildman–Crippen MR) is 103 cm³/mol. The molecule has 1 fully saturated rings. The first-order chi connectivity index (χ1) is 12.3. The number of hydrogen-bond acceptors (Lipinski definition) is 4. The maximum atomic E-state index is 12.3. The number of carbonyl (C=O) groups is 2. The van der Waals surface area contributed by atoms with Gasteiger partial charge in [0.05, 0.1) is 19.6 Å². The number of carbonyl (C=O) groups excluding carboxylic acids is 2. The highest BCUT2D eigenvalue weighted by atomic mass is 16.5. The average Bonchev–Trinajstić information content (AvgIpc) is 2.56. The van der Waals surface area contributed by atoms with Gasteiger partial charge in [-0.1, -0.05) is 30.4 Å². The molecule has 0 unspecified atom stereocenters. The minimum Gasteiger partial charge on any atom is -0.496 e. The lowest BCUT2D eigenvalue weighted by Crippen LogP contribution is -2.57. The second kappa shape index (κ2) is 8.85. The lowest BCUT2D eigenvalue weighted by molar-refractivity contribution is -0.134. The molecule has 0 aliphatic carbocycles. The van der Waals surface area contributed by atoms with Crippen LogP contribution in [0.2, 0.25) is 0 Å². The molecule has 2 rings (SSSR count). The first-order valence-corrected chi connectivity index (χ1v) is 8.92. The zero-order valence-corrected chi connectivity index (χ0v) is 16.0. The van der Waals surface area contributed by atoms with Crippen LogP contribution in [0.15, 0.2) is 30.3 Å². The Bertz CT molecular complexity index is 665. The monoisotopic (exact) mass is 359 g/mol. The van der Waals surface area contributed by atoms with E-state index in [4.69, 9.17) is 4.74 Å². The van der Waals surface area contributed by atoms with Crippen LogP contribution < -0.4 is 15.4 Å². The van der Waals surface area contributed by atoms with Gasteiger partial charge in [0, 0.05) is 30.7 Å². The number of nitrogens with one attached hydrogen (secondary N) is 2. The highest BCUT2D eigenvalue weighted by molar-refractivity contribution is 5.89. The van der Waals surface area contributed by atoms with Gasteiger partial charge < -0.3 is 15.4 Å². The summed E-state index contributed by atoms with van der Waals surface area (Å²) in [5, 5.41) is 5.78. The largest absolute Gasteiger partial charge is 0.496 e. The minimum atomic E-state index is -0.451. The van der Waals surface area contributed by atoms with Crippen molar-refractivity contribution in [1.29, 1.82) is 0 Å². The van der Waals surface area contributed by atoms with Gasteiger partial charge in [-0.05, 0) is 26.8 Å². The molecule has 1 atom stereocenters. The van der Waals surface area contributed by atoms with Gasteiger partial charge in [0.1, 0.15) is 5.75 Å². The van der Waals surface area contributed by atoms with E-state index in [-0.39, 0.29) is 23.8 Å². The van der Waals surface area contributed by atoms with Gasteiger partial charge in [-0.3, -0.25) is 14.5 Å². The number of methoxy groups -OCH3 is 1. The molecular weight excluding hydrogens is 330 g/mol. The molecule has 6 heteroatoms.